The van der Waals surface area contributed by atoms with E-state index in [1.54, 1.807) is 14.2 Å². The molecule has 0 aromatic heterocycles. The van der Waals surface area contributed by atoms with E-state index in [1.165, 1.54) is 5.56 Å². The number of hydrogen-bond donors (Lipinski definition) is 0. The van der Waals surface area contributed by atoms with Crippen LogP contribution >= 0.6 is 47.8 Å². The summed E-state index contributed by atoms with van der Waals surface area (Å²) in [6, 6.07) is 12.3. The summed E-state index contributed by atoms with van der Waals surface area (Å²) in [5.41, 5.74) is 2.40. The highest BCUT2D eigenvalue weighted by Gasteiger charge is 2.16. The van der Waals surface area contributed by atoms with Gasteiger partial charge in [0.2, 0.25) is 0 Å². The Labute approximate surface area is 150 Å². The van der Waals surface area contributed by atoms with Crippen molar-refractivity contribution in [1.82, 2.24) is 0 Å². The van der Waals surface area contributed by atoms with E-state index < -0.39 is 0 Å². The minimum absolute atomic E-state index is 0.188. The summed E-state index contributed by atoms with van der Waals surface area (Å²) in [7, 11) is 3.28. The zero-order valence-electron chi connectivity index (χ0n) is 11.7. The molecule has 1 atom stereocenters. The summed E-state index contributed by atoms with van der Waals surface area (Å²) in [6.45, 7) is 0. The first-order chi connectivity index (χ1) is 10.0. The average Bonchev–Trinajstić information content (AvgIpc) is 2.49. The van der Waals surface area contributed by atoms with E-state index in [1.807, 2.05) is 12.1 Å². The highest BCUT2D eigenvalue weighted by Crippen LogP contribution is 2.39. The van der Waals surface area contributed by atoms with Gasteiger partial charge in [0.15, 0.2) is 11.5 Å². The molecule has 0 N–H and O–H groups in total. The summed E-state index contributed by atoms with van der Waals surface area (Å²) in [5.74, 6) is 1.45. The highest BCUT2D eigenvalue weighted by atomic mass is 79.9. The zero-order chi connectivity index (χ0) is 15.4. The Morgan fingerprint density at radius 1 is 0.952 bits per heavy atom. The lowest BCUT2D eigenvalue weighted by atomic mass is 10.0. The molecule has 0 aliphatic heterocycles. The van der Waals surface area contributed by atoms with Crippen LogP contribution in [-0.2, 0) is 6.42 Å². The van der Waals surface area contributed by atoms with Crippen LogP contribution < -0.4 is 9.47 Å². The van der Waals surface area contributed by atoms with Crippen LogP contribution in [-0.4, -0.2) is 14.2 Å². The van der Waals surface area contributed by atoms with Crippen LogP contribution in [0.15, 0.2) is 45.3 Å². The molecule has 0 amide bonds. The Kier molecular flexibility index (Phi) is 6.14. The molecule has 0 aliphatic carbocycles. The van der Waals surface area contributed by atoms with E-state index in [0.29, 0.717) is 0 Å². The van der Waals surface area contributed by atoms with Gasteiger partial charge in [0, 0.05) is 13.8 Å². The molecule has 0 spiro atoms. The van der Waals surface area contributed by atoms with Gasteiger partial charge in [-0.2, -0.15) is 0 Å². The van der Waals surface area contributed by atoms with Crippen molar-refractivity contribution in [3.8, 4) is 11.5 Å². The molecule has 2 nitrogen and oxygen atoms in total. The fourth-order valence-electron chi connectivity index (χ4n) is 2.05. The maximum atomic E-state index is 5.38. The Bertz CT molecular complexity index is 612. The molecule has 112 valence electrons. The second-order valence-corrected chi connectivity index (χ2v) is 7.40. The van der Waals surface area contributed by atoms with Crippen molar-refractivity contribution in [2.24, 2.45) is 0 Å². The number of benzene rings is 2. The van der Waals surface area contributed by atoms with Gasteiger partial charge in [0.05, 0.1) is 14.2 Å². The van der Waals surface area contributed by atoms with Gasteiger partial charge in [-0.15, -0.1) is 0 Å². The van der Waals surface area contributed by atoms with E-state index >= 15 is 0 Å². The van der Waals surface area contributed by atoms with Crippen molar-refractivity contribution >= 4 is 47.8 Å². The summed E-state index contributed by atoms with van der Waals surface area (Å²) in [5, 5.41) is 0. The molecular formula is C16H15Br3O2. The predicted octanol–water partition coefficient (Wildman–Crippen LogP) is 5.91. The summed E-state index contributed by atoms with van der Waals surface area (Å²) < 4.78 is 12.8. The first-order valence-electron chi connectivity index (χ1n) is 6.35. The van der Waals surface area contributed by atoms with Crippen molar-refractivity contribution in [3.05, 3.63) is 56.5 Å². The van der Waals surface area contributed by atoms with Crippen molar-refractivity contribution in [2.75, 3.05) is 14.2 Å². The standard InChI is InChI=1S/C16H15Br3O2/c1-20-15-8-12(14(19)9-16(15)21-2)13(18)7-10-3-5-11(17)6-4-10/h3-6,8-9,13H,7H2,1-2H3. The monoisotopic (exact) mass is 476 g/mol. The number of alkyl halides is 1. The molecule has 0 saturated heterocycles. The largest absolute Gasteiger partial charge is 0.493 e. The maximum Gasteiger partial charge on any atom is 0.161 e. The predicted molar refractivity (Wildman–Crippen MR) is 96.8 cm³/mol. The number of methoxy groups -OCH3 is 2. The molecule has 0 saturated carbocycles. The van der Waals surface area contributed by atoms with Gasteiger partial charge in [-0.1, -0.05) is 59.9 Å². The quantitative estimate of drug-likeness (QED) is 0.497. The summed E-state index contributed by atoms with van der Waals surface area (Å²) in [6.07, 6.45) is 0.890. The van der Waals surface area contributed by atoms with Crippen molar-refractivity contribution < 1.29 is 9.47 Å². The molecule has 5 heteroatoms. The molecule has 1 unspecified atom stereocenters. The fraction of sp³-hybridized carbons (Fsp3) is 0.250. The third kappa shape index (κ3) is 4.24. The number of rotatable bonds is 5. The van der Waals surface area contributed by atoms with Crippen LogP contribution in [0.2, 0.25) is 0 Å². The van der Waals surface area contributed by atoms with E-state index in [9.17, 15) is 0 Å². The van der Waals surface area contributed by atoms with Gasteiger partial charge >= 0.3 is 0 Å². The van der Waals surface area contributed by atoms with E-state index in [2.05, 4.69) is 72.1 Å². The number of ether oxygens (including phenoxy) is 2. The van der Waals surface area contributed by atoms with E-state index in [4.69, 9.17) is 9.47 Å². The Morgan fingerprint density at radius 3 is 2.10 bits per heavy atom. The second kappa shape index (κ2) is 7.65. The van der Waals surface area contributed by atoms with Crippen LogP contribution in [0.25, 0.3) is 0 Å². The van der Waals surface area contributed by atoms with Crippen LogP contribution in [0.3, 0.4) is 0 Å². The normalized spacial score (nSPS) is 12.0. The average molecular weight is 479 g/mol. The van der Waals surface area contributed by atoms with Gasteiger partial charge in [-0.25, -0.2) is 0 Å². The SMILES string of the molecule is COc1cc(Br)c(C(Br)Cc2ccc(Br)cc2)cc1OC. The minimum atomic E-state index is 0.188. The topological polar surface area (TPSA) is 18.5 Å². The van der Waals surface area contributed by atoms with Crippen LogP contribution in [0, 0.1) is 0 Å². The van der Waals surface area contributed by atoms with Gasteiger partial charge < -0.3 is 9.47 Å². The molecule has 2 rings (SSSR count). The van der Waals surface area contributed by atoms with Crippen LogP contribution in [0.5, 0.6) is 11.5 Å². The molecule has 0 bridgehead atoms. The van der Waals surface area contributed by atoms with Gasteiger partial charge in [0.1, 0.15) is 0 Å². The van der Waals surface area contributed by atoms with Crippen LogP contribution in [0.4, 0.5) is 0 Å². The number of hydrogen-bond acceptors (Lipinski definition) is 2. The second-order valence-electron chi connectivity index (χ2n) is 4.53. The van der Waals surface area contributed by atoms with Crippen molar-refractivity contribution in [3.63, 3.8) is 0 Å². The van der Waals surface area contributed by atoms with Gasteiger partial charge in [-0.3, -0.25) is 0 Å². The van der Waals surface area contributed by atoms with Gasteiger partial charge in [0.25, 0.3) is 0 Å². The van der Waals surface area contributed by atoms with Crippen molar-refractivity contribution in [2.45, 2.75) is 11.2 Å². The van der Waals surface area contributed by atoms with Gasteiger partial charge in [-0.05, 0) is 41.8 Å². The first-order valence-corrected chi connectivity index (χ1v) is 8.85. The van der Waals surface area contributed by atoms with Crippen LogP contribution in [0.1, 0.15) is 16.0 Å². The summed E-state index contributed by atoms with van der Waals surface area (Å²) >= 11 is 10.8. The molecule has 2 aromatic rings. The van der Waals surface area contributed by atoms with E-state index in [-0.39, 0.29) is 4.83 Å². The lowest BCUT2D eigenvalue weighted by Gasteiger charge is -2.16. The third-order valence-electron chi connectivity index (χ3n) is 3.17. The Morgan fingerprint density at radius 2 is 1.52 bits per heavy atom. The minimum Gasteiger partial charge on any atom is -0.493 e. The molecule has 21 heavy (non-hydrogen) atoms. The molecule has 0 heterocycles. The van der Waals surface area contributed by atoms with E-state index in [0.717, 1.165) is 32.4 Å². The lowest BCUT2D eigenvalue weighted by Crippen LogP contribution is -1.99. The molecule has 0 fully saturated rings. The smallest absolute Gasteiger partial charge is 0.161 e. The molecule has 2 aromatic carbocycles. The molecule has 0 radical (unpaired) electrons. The lowest BCUT2D eigenvalue weighted by molar-refractivity contribution is 0.354. The maximum absolute atomic E-state index is 5.38. The third-order valence-corrected chi connectivity index (χ3v) is 5.20. The number of halogens is 3. The van der Waals surface area contributed by atoms with Crippen molar-refractivity contribution in [1.29, 1.82) is 0 Å². The zero-order valence-corrected chi connectivity index (χ0v) is 16.5. The first kappa shape index (κ1) is 16.8. The summed E-state index contributed by atoms with van der Waals surface area (Å²) in [4.78, 5) is 0.188. The highest BCUT2D eigenvalue weighted by molar-refractivity contribution is 9.11. The fourth-order valence-corrected chi connectivity index (χ4v) is 3.97. The molecule has 0 aliphatic rings. The Hall–Kier alpha value is -0.520. The Balaban J connectivity index is 2.26. The molecular weight excluding hydrogens is 464 g/mol.